The zero-order chi connectivity index (χ0) is 9.14. The topological polar surface area (TPSA) is 32.3 Å². The fraction of sp³-hybridized carbons (Fsp3) is 0.889. The minimum absolute atomic E-state index is 0.0643. The van der Waals surface area contributed by atoms with E-state index in [1.165, 1.54) is 0 Å². The highest BCUT2D eigenvalue weighted by Crippen LogP contribution is 2.21. The van der Waals surface area contributed by atoms with Crippen molar-refractivity contribution in [1.29, 1.82) is 0 Å². The normalized spacial score (nSPS) is 30.1. The van der Waals surface area contributed by atoms with Crippen molar-refractivity contribution in [3.05, 3.63) is 0 Å². The Morgan fingerprint density at radius 2 is 2.17 bits per heavy atom. The molecule has 1 aliphatic heterocycles. The fourth-order valence-electron chi connectivity index (χ4n) is 1.85. The predicted molar refractivity (Wildman–Crippen MR) is 49.0 cm³/mol. The number of carbonyl (C=O) groups is 1. The molecular weight excluding hydrogens is 152 g/mol. The molecule has 1 rings (SSSR count). The summed E-state index contributed by atoms with van der Waals surface area (Å²) < 4.78 is 0. The van der Waals surface area contributed by atoms with Crippen molar-refractivity contribution in [2.75, 3.05) is 13.6 Å². The molecule has 70 valence electrons. The minimum atomic E-state index is 0.0643. The van der Waals surface area contributed by atoms with Crippen LogP contribution in [0, 0.1) is 5.92 Å². The SMILES string of the molecule is CNC(=O)N1CCC(C)CC1C. The third kappa shape index (κ3) is 1.90. The predicted octanol–water partition coefficient (Wildman–Crippen LogP) is 1.45. The Labute approximate surface area is 74.1 Å². The fourth-order valence-corrected chi connectivity index (χ4v) is 1.85. The van der Waals surface area contributed by atoms with Gasteiger partial charge in [-0.3, -0.25) is 0 Å². The maximum Gasteiger partial charge on any atom is 0.317 e. The van der Waals surface area contributed by atoms with Gasteiger partial charge in [0.25, 0.3) is 0 Å². The lowest BCUT2D eigenvalue weighted by Gasteiger charge is -2.36. The van der Waals surface area contributed by atoms with E-state index in [0.29, 0.717) is 6.04 Å². The van der Waals surface area contributed by atoms with Crippen molar-refractivity contribution in [3.63, 3.8) is 0 Å². The first-order chi connectivity index (χ1) is 5.65. The van der Waals surface area contributed by atoms with E-state index in [2.05, 4.69) is 19.2 Å². The summed E-state index contributed by atoms with van der Waals surface area (Å²) in [5, 5.41) is 2.67. The number of nitrogens with zero attached hydrogens (tertiary/aromatic N) is 1. The zero-order valence-electron chi connectivity index (χ0n) is 8.13. The Balaban J connectivity index is 2.50. The van der Waals surface area contributed by atoms with Crippen LogP contribution in [0.4, 0.5) is 4.79 Å². The lowest BCUT2D eigenvalue weighted by Crippen LogP contribution is -2.47. The van der Waals surface area contributed by atoms with Gasteiger partial charge in [-0.15, -0.1) is 0 Å². The molecule has 2 atom stereocenters. The average molecular weight is 170 g/mol. The molecule has 0 aromatic rings. The third-order valence-electron chi connectivity index (χ3n) is 2.61. The Morgan fingerprint density at radius 3 is 2.67 bits per heavy atom. The molecule has 0 aromatic carbocycles. The molecule has 3 heteroatoms. The van der Waals surface area contributed by atoms with Gasteiger partial charge in [0.15, 0.2) is 0 Å². The van der Waals surface area contributed by atoms with Gasteiger partial charge in [0, 0.05) is 19.6 Å². The van der Waals surface area contributed by atoms with Crippen LogP contribution in [0.1, 0.15) is 26.7 Å². The Kier molecular flexibility index (Phi) is 2.95. The van der Waals surface area contributed by atoms with Gasteiger partial charge in [-0.1, -0.05) is 6.92 Å². The largest absolute Gasteiger partial charge is 0.341 e. The second-order valence-electron chi connectivity index (χ2n) is 3.73. The number of hydrogen-bond donors (Lipinski definition) is 1. The number of piperidine rings is 1. The highest BCUT2D eigenvalue weighted by atomic mass is 16.2. The summed E-state index contributed by atoms with van der Waals surface area (Å²) in [4.78, 5) is 13.2. The second-order valence-corrected chi connectivity index (χ2v) is 3.73. The minimum Gasteiger partial charge on any atom is -0.341 e. The van der Waals surface area contributed by atoms with Crippen molar-refractivity contribution in [2.45, 2.75) is 32.7 Å². The number of urea groups is 1. The first kappa shape index (κ1) is 9.36. The van der Waals surface area contributed by atoms with Gasteiger partial charge >= 0.3 is 6.03 Å². The number of hydrogen-bond acceptors (Lipinski definition) is 1. The smallest absolute Gasteiger partial charge is 0.317 e. The molecule has 0 saturated carbocycles. The van der Waals surface area contributed by atoms with Crippen LogP contribution in [-0.4, -0.2) is 30.6 Å². The zero-order valence-corrected chi connectivity index (χ0v) is 8.13. The Hall–Kier alpha value is -0.730. The quantitative estimate of drug-likeness (QED) is 0.586. The Bertz CT molecular complexity index is 170. The molecule has 2 unspecified atom stereocenters. The van der Waals surface area contributed by atoms with Gasteiger partial charge in [-0.2, -0.15) is 0 Å². The van der Waals surface area contributed by atoms with E-state index in [-0.39, 0.29) is 6.03 Å². The van der Waals surface area contributed by atoms with Gasteiger partial charge in [-0.25, -0.2) is 4.79 Å². The summed E-state index contributed by atoms with van der Waals surface area (Å²) in [5.41, 5.74) is 0. The summed E-state index contributed by atoms with van der Waals surface area (Å²) in [6.45, 7) is 5.27. The lowest BCUT2D eigenvalue weighted by molar-refractivity contribution is 0.141. The standard InChI is InChI=1S/C9H18N2O/c1-7-4-5-11(8(2)6-7)9(12)10-3/h7-8H,4-6H2,1-3H3,(H,10,12). The maximum atomic E-state index is 11.3. The molecule has 1 N–H and O–H groups in total. The van der Waals surface area contributed by atoms with Crippen LogP contribution in [0.25, 0.3) is 0 Å². The van der Waals surface area contributed by atoms with E-state index in [1.807, 2.05) is 4.90 Å². The van der Waals surface area contributed by atoms with Crippen LogP contribution in [0.2, 0.25) is 0 Å². The van der Waals surface area contributed by atoms with Gasteiger partial charge < -0.3 is 10.2 Å². The first-order valence-corrected chi connectivity index (χ1v) is 4.63. The van der Waals surface area contributed by atoms with E-state index in [1.54, 1.807) is 7.05 Å². The van der Waals surface area contributed by atoms with Crippen LogP contribution in [-0.2, 0) is 0 Å². The lowest BCUT2D eigenvalue weighted by atomic mass is 9.94. The average Bonchev–Trinajstić information content (AvgIpc) is 2.03. The van der Waals surface area contributed by atoms with Gasteiger partial charge in [0.2, 0.25) is 0 Å². The van der Waals surface area contributed by atoms with Crippen molar-refractivity contribution < 1.29 is 4.79 Å². The van der Waals surface area contributed by atoms with Crippen molar-refractivity contribution in [3.8, 4) is 0 Å². The second kappa shape index (κ2) is 3.78. The number of likely N-dealkylation sites (tertiary alicyclic amines) is 1. The molecule has 1 fully saturated rings. The van der Waals surface area contributed by atoms with E-state index < -0.39 is 0 Å². The van der Waals surface area contributed by atoms with Crippen LogP contribution in [0.15, 0.2) is 0 Å². The van der Waals surface area contributed by atoms with Crippen LogP contribution < -0.4 is 5.32 Å². The molecule has 1 heterocycles. The van der Waals surface area contributed by atoms with Crippen molar-refractivity contribution >= 4 is 6.03 Å². The summed E-state index contributed by atoms with van der Waals surface area (Å²) in [6.07, 6.45) is 2.27. The van der Waals surface area contributed by atoms with E-state index in [0.717, 1.165) is 25.3 Å². The molecule has 0 spiro atoms. The number of nitrogens with one attached hydrogen (secondary N) is 1. The maximum absolute atomic E-state index is 11.3. The summed E-state index contributed by atoms with van der Waals surface area (Å²) in [5.74, 6) is 0.765. The molecule has 0 aromatic heterocycles. The Morgan fingerprint density at radius 1 is 1.50 bits per heavy atom. The summed E-state index contributed by atoms with van der Waals surface area (Å²) in [6, 6.07) is 0.461. The van der Waals surface area contributed by atoms with Crippen molar-refractivity contribution in [2.24, 2.45) is 5.92 Å². The molecule has 1 aliphatic rings. The van der Waals surface area contributed by atoms with Gasteiger partial charge in [0.1, 0.15) is 0 Å². The number of rotatable bonds is 0. The van der Waals surface area contributed by atoms with Gasteiger partial charge in [0.05, 0.1) is 0 Å². The monoisotopic (exact) mass is 170 g/mol. The van der Waals surface area contributed by atoms with E-state index in [4.69, 9.17) is 0 Å². The molecule has 2 amide bonds. The summed E-state index contributed by atoms with van der Waals surface area (Å²) >= 11 is 0. The number of amides is 2. The van der Waals surface area contributed by atoms with Crippen molar-refractivity contribution in [1.82, 2.24) is 10.2 Å². The van der Waals surface area contributed by atoms with Crippen LogP contribution >= 0.6 is 0 Å². The van der Waals surface area contributed by atoms with Gasteiger partial charge in [-0.05, 0) is 25.7 Å². The van der Waals surface area contributed by atoms with E-state index in [9.17, 15) is 4.79 Å². The van der Waals surface area contributed by atoms with Crippen LogP contribution in [0.3, 0.4) is 0 Å². The molecule has 1 saturated heterocycles. The molecule has 3 nitrogen and oxygen atoms in total. The first-order valence-electron chi connectivity index (χ1n) is 4.63. The third-order valence-corrected chi connectivity index (χ3v) is 2.61. The van der Waals surface area contributed by atoms with Crippen LogP contribution in [0.5, 0.6) is 0 Å². The summed E-state index contributed by atoms with van der Waals surface area (Å²) in [7, 11) is 1.69. The highest BCUT2D eigenvalue weighted by molar-refractivity contribution is 5.74. The number of carbonyl (C=O) groups excluding carboxylic acids is 1. The van der Waals surface area contributed by atoms with E-state index >= 15 is 0 Å². The highest BCUT2D eigenvalue weighted by Gasteiger charge is 2.25. The molecule has 0 radical (unpaired) electrons. The molecule has 0 bridgehead atoms. The molecular formula is C9H18N2O. The molecule has 12 heavy (non-hydrogen) atoms. The molecule has 0 aliphatic carbocycles.